The molecule has 0 saturated heterocycles. The maximum atomic E-state index is 5.73. The summed E-state index contributed by atoms with van der Waals surface area (Å²) in [5.74, 6) is 1.50. The monoisotopic (exact) mass is 301 g/mol. The van der Waals surface area contributed by atoms with Gasteiger partial charge >= 0.3 is 0 Å². The molecule has 0 aliphatic rings. The number of benzene rings is 1. The number of aryl methyl sites for hydroxylation is 1. The first-order valence-corrected chi connectivity index (χ1v) is 7.17. The fourth-order valence-corrected chi connectivity index (χ4v) is 2.04. The quantitative estimate of drug-likeness (QED) is 0.827. The van der Waals surface area contributed by atoms with Crippen LogP contribution in [0.5, 0.6) is 5.75 Å². The molecule has 0 amide bonds. The lowest BCUT2D eigenvalue weighted by Gasteiger charge is -2.13. The Morgan fingerprint density at radius 1 is 1.19 bits per heavy atom. The van der Waals surface area contributed by atoms with Crippen LogP contribution in [0.2, 0.25) is 0 Å². The van der Waals surface area contributed by atoms with E-state index in [4.69, 9.17) is 22.7 Å². The van der Waals surface area contributed by atoms with Crippen LogP contribution in [0.25, 0.3) is 0 Å². The van der Waals surface area contributed by atoms with Crippen molar-refractivity contribution >= 4 is 28.7 Å². The maximum absolute atomic E-state index is 5.73. The van der Waals surface area contributed by atoms with Gasteiger partial charge in [-0.3, -0.25) is 0 Å². The molecule has 2 rings (SSSR count). The van der Waals surface area contributed by atoms with E-state index >= 15 is 0 Å². The highest BCUT2D eigenvalue weighted by Gasteiger charge is 2.08. The van der Waals surface area contributed by atoms with Gasteiger partial charge in [0.15, 0.2) is 0 Å². The molecule has 0 radical (unpaired) electrons. The van der Waals surface area contributed by atoms with E-state index in [-0.39, 0.29) is 6.10 Å². The van der Waals surface area contributed by atoms with Gasteiger partial charge in [-0.25, -0.2) is 4.98 Å². The van der Waals surface area contributed by atoms with Crippen molar-refractivity contribution in [1.82, 2.24) is 4.98 Å². The van der Waals surface area contributed by atoms with Gasteiger partial charge in [0, 0.05) is 11.4 Å². The van der Waals surface area contributed by atoms with Crippen molar-refractivity contribution in [3.8, 4) is 5.75 Å². The zero-order chi connectivity index (χ0) is 15.4. The van der Waals surface area contributed by atoms with Gasteiger partial charge in [0.1, 0.15) is 16.6 Å². The minimum Gasteiger partial charge on any atom is -0.491 e. The van der Waals surface area contributed by atoms with Crippen molar-refractivity contribution < 1.29 is 4.74 Å². The molecule has 4 nitrogen and oxygen atoms in total. The van der Waals surface area contributed by atoms with Crippen LogP contribution in [0.1, 0.15) is 25.1 Å². The van der Waals surface area contributed by atoms with Gasteiger partial charge in [-0.1, -0.05) is 12.2 Å². The van der Waals surface area contributed by atoms with Gasteiger partial charge in [0.2, 0.25) is 0 Å². The molecule has 0 aliphatic heterocycles. The smallest absolute Gasteiger partial charge is 0.140 e. The molecule has 0 fully saturated rings. The van der Waals surface area contributed by atoms with E-state index in [1.54, 1.807) is 0 Å². The Labute approximate surface area is 130 Å². The number of hydrogen-bond donors (Lipinski definition) is 2. The molecule has 21 heavy (non-hydrogen) atoms. The van der Waals surface area contributed by atoms with Gasteiger partial charge < -0.3 is 15.8 Å². The van der Waals surface area contributed by atoms with Crippen molar-refractivity contribution in [2.24, 2.45) is 5.73 Å². The summed E-state index contributed by atoms with van der Waals surface area (Å²) in [7, 11) is 0. The number of nitrogens with two attached hydrogens (primary N) is 1. The molecule has 0 aliphatic carbocycles. The van der Waals surface area contributed by atoms with Crippen molar-refractivity contribution in [2.75, 3.05) is 5.32 Å². The summed E-state index contributed by atoms with van der Waals surface area (Å²) in [5, 5.41) is 3.24. The first-order valence-electron chi connectivity index (χ1n) is 6.77. The summed E-state index contributed by atoms with van der Waals surface area (Å²) in [4.78, 5) is 4.77. The van der Waals surface area contributed by atoms with Crippen LogP contribution in [0.15, 0.2) is 36.4 Å². The van der Waals surface area contributed by atoms with Crippen LogP contribution in [0, 0.1) is 6.92 Å². The number of nitrogens with zero attached hydrogens (tertiary/aromatic N) is 1. The van der Waals surface area contributed by atoms with E-state index in [0.717, 1.165) is 22.7 Å². The zero-order valence-electron chi connectivity index (χ0n) is 12.4. The summed E-state index contributed by atoms with van der Waals surface area (Å²) in [5.41, 5.74) is 8.27. The van der Waals surface area contributed by atoms with Crippen LogP contribution in [-0.2, 0) is 0 Å². The zero-order valence-corrected chi connectivity index (χ0v) is 13.2. The molecule has 1 aromatic carbocycles. The molecular formula is C16H19N3OS. The number of thiocarbonyl (C=S) groups is 1. The topological polar surface area (TPSA) is 60.2 Å². The highest BCUT2D eigenvalue weighted by atomic mass is 32.1. The van der Waals surface area contributed by atoms with Crippen molar-refractivity contribution in [3.63, 3.8) is 0 Å². The fourth-order valence-electron chi connectivity index (χ4n) is 1.88. The molecule has 0 bridgehead atoms. The number of rotatable bonds is 5. The normalized spacial score (nSPS) is 10.5. The largest absolute Gasteiger partial charge is 0.491 e. The summed E-state index contributed by atoms with van der Waals surface area (Å²) >= 11 is 5.06. The Hall–Kier alpha value is -2.14. The Bertz CT molecular complexity index is 638. The Balaban J connectivity index is 2.22. The van der Waals surface area contributed by atoms with Crippen LogP contribution in [-0.4, -0.2) is 16.1 Å². The van der Waals surface area contributed by atoms with Gasteiger partial charge in [0.05, 0.1) is 11.7 Å². The Morgan fingerprint density at radius 2 is 1.86 bits per heavy atom. The number of hydrogen-bond acceptors (Lipinski definition) is 4. The standard InChI is InChI=1S/C16H19N3OS/c1-10(2)20-13-7-5-12(6-8-13)19-16-14(15(17)21)9-4-11(3)18-16/h4-10H,1-3H3,(H2,17,21)(H,18,19). The molecule has 1 aromatic heterocycles. The minimum atomic E-state index is 0.156. The van der Waals surface area contributed by atoms with Gasteiger partial charge in [0.25, 0.3) is 0 Å². The molecule has 0 atom stereocenters. The molecule has 0 unspecified atom stereocenters. The molecular weight excluding hydrogens is 282 g/mol. The van der Waals surface area contributed by atoms with Crippen LogP contribution >= 0.6 is 12.2 Å². The second kappa shape index (κ2) is 6.54. The lowest BCUT2D eigenvalue weighted by atomic mass is 10.2. The lowest BCUT2D eigenvalue weighted by molar-refractivity contribution is 0.242. The summed E-state index contributed by atoms with van der Waals surface area (Å²) in [6.07, 6.45) is 0.156. The van der Waals surface area contributed by atoms with E-state index < -0.39 is 0 Å². The molecule has 110 valence electrons. The van der Waals surface area contributed by atoms with E-state index in [0.29, 0.717) is 10.8 Å². The Kier molecular flexibility index (Phi) is 4.75. The molecule has 1 heterocycles. The van der Waals surface area contributed by atoms with Crippen LogP contribution in [0.3, 0.4) is 0 Å². The van der Waals surface area contributed by atoms with Gasteiger partial charge in [-0.15, -0.1) is 0 Å². The van der Waals surface area contributed by atoms with E-state index in [2.05, 4.69) is 10.3 Å². The van der Waals surface area contributed by atoms with Crippen LogP contribution in [0.4, 0.5) is 11.5 Å². The third-order valence-electron chi connectivity index (χ3n) is 2.79. The Morgan fingerprint density at radius 3 is 2.43 bits per heavy atom. The highest BCUT2D eigenvalue weighted by molar-refractivity contribution is 7.80. The third-order valence-corrected chi connectivity index (χ3v) is 3.01. The van der Waals surface area contributed by atoms with Crippen molar-refractivity contribution in [2.45, 2.75) is 26.9 Å². The first-order chi connectivity index (χ1) is 9.95. The molecule has 2 aromatic rings. The highest BCUT2D eigenvalue weighted by Crippen LogP contribution is 2.22. The van der Waals surface area contributed by atoms with E-state index in [1.807, 2.05) is 57.2 Å². The number of pyridine rings is 1. The SMILES string of the molecule is Cc1ccc(C(N)=S)c(Nc2ccc(OC(C)C)cc2)n1. The van der Waals surface area contributed by atoms with Crippen LogP contribution < -0.4 is 15.8 Å². The lowest BCUT2D eigenvalue weighted by Crippen LogP contribution is -2.13. The number of anilines is 2. The summed E-state index contributed by atoms with van der Waals surface area (Å²) in [6, 6.07) is 11.5. The number of ether oxygens (including phenoxy) is 1. The third kappa shape index (κ3) is 4.16. The maximum Gasteiger partial charge on any atom is 0.140 e. The number of aromatic nitrogens is 1. The van der Waals surface area contributed by atoms with E-state index in [9.17, 15) is 0 Å². The van der Waals surface area contributed by atoms with Crippen molar-refractivity contribution in [3.05, 3.63) is 47.7 Å². The number of nitrogens with one attached hydrogen (secondary N) is 1. The molecule has 5 heteroatoms. The average Bonchev–Trinajstić information content (AvgIpc) is 2.40. The molecule has 0 saturated carbocycles. The second-order valence-electron chi connectivity index (χ2n) is 5.03. The average molecular weight is 301 g/mol. The fraction of sp³-hybridized carbons (Fsp3) is 0.250. The molecule has 3 N–H and O–H groups in total. The van der Waals surface area contributed by atoms with Crippen molar-refractivity contribution in [1.29, 1.82) is 0 Å². The molecule has 0 spiro atoms. The summed E-state index contributed by atoms with van der Waals surface area (Å²) in [6.45, 7) is 5.92. The van der Waals surface area contributed by atoms with Gasteiger partial charge in [-0.05, 0) is 57.2 Å². The second-order valence-corrected chi connectivity index (χ2v) is 5.47. The summed E-state index contributed by atoms with van der Waals surface area (Å²) < 4.78 is 5.62. The predicted molar refractivity (Wildman–Crippen MR) is 90.4 cm³/mol. The van der Waals surface area contributed by atoms with E-state index in [1.165, 1.54) is 0 Å². The minimum absolute atomic E-state index is 0.156. The van der Waals surface area contributed by atoms with Gasteiger partial charge in [-0.2, -0.15) is 0 Å². The first kappa shape index (κ1) is 15.3. The predicted octanol–water partition coefficient (Wildman–Crippen LogP) is 3.56.